The monoisotopic (exact) mass is 439 g/mol. The third-order valence-corrected chi connectivity index (χ3v) is 8.28. The number of nitrogens with one attached hydrogen (secondary N) is 1. The molecule has 4 aliphatic carbocycles. The van der Waals surface area contributed by atoms with Crippen molar-refractivity contribution in [3.8, 4) is 5.75 Å². The molecule has 1 aromatic carbocycles. The van der Waals surface area contributed by atoms with Gasteiger partial charge in [-0.25, -0.2) is 0 Å². The minimum Gasteiger partial charge on any atom is -0.492 e. The number of hydrogen-bond acceptors (Lipinski definition) is 4. The summed E-state index contributed by atoms with van der Waals surface area (Å²) in [5.41, 5.74) is 1.31. The Morgan fingerprint density at radius 1 is 1.00 bits per heavy atom. The lowest BCUT2D eigenvalue weighted by atomic mass is 9.49. The predicted octanol–water partition coefficient (Wildman–Crippen LogP) is 3.46. The van der Waals surface area contributed by atoms with Gasteiger partial charge in [0, 0.05) is 32.6 Å². The summed E-state index contributed by atoms with van der Waals surface area (Å²) in [6.45, 7) is 5.65. The normalized spacial score (nSPS) is 31.0. The summed E-state index contributed by atoms with van der Waals surface area (Å²) in [5.74, 6) is 3.54. The molecule has 2 amide bonds. The zero-order valence-electron chi connectivity index (χ0n) is 19.4. The molecule has 4 bridgehead atoms. The first-order valence-corrected chi connectivity index (χ1v) is 12.5. The third kappa shape index (κ3) is 4.46. The average Bonchev–Trinajstić information content (AvgIpc) is 2.77. The number of rotatable bonds is 7. The number of anilines is 1. The Balaban J connectivity index is 1.09. The summed E-state index contributed by atoms with van der Waals surface area (Å²) in [6, 6.07) is 8.08. The molecule has 0 unspecified atom stereocenters. The van der Waals surface area contributed by atoms with Gasteiger partial charge in [-0.15, -0.1) is 0 Å². The predicted molar refractivity (Wildman–Crippen MR) is 125 cm³/mol. The van der Waals surface area contributed by atoms with Crippen molar-refractivity contribution in [3.63, 3.8) is 0 Å². The summed E-state index contributed by atoms with van der Waals surface area (Å²) in [6.07, 6.45) is 8.47. The van der Waals surface area contributed by atoms with E-state index in [0.717, 1.165) is 42.3 Å². The minimum absolute atomic E-state index is 0.0293. The summed E-state index contributed by atoms with van der Waals surface area (Å²) in [5, 5.41) is 2.96. The standard InChI is InChI=1S/C26H37N3O3/c1-2-32-23-6-4-3-5-22(23)28-7-9-29(10-8-28)25(31)18-27-24(30)17-26-14-19-11-20(15-26)13-21(12-19)16-26/h3-6,19-21H,2,7-18H2,1H3,(H,27,30). The Morgan fingerprint density at radius 3 is 2.25 bits per heavy atom. The highest BCUT2D eigenvalue weighted by Gasteiger charge is 2.51. The van der Waals surface area contributed by atoms with Gasteiger partial charge in [-0.2, -0.15) is 0 Å². The van der Waals surface area contributed by atoms with Gasteiger partial charge in [0.2, 0.25) is 11.8 Å². The van der Waals surface area contributed by atoms with E-state index in [4.69, 9.17) is 4.74 Å². The number of piperazine rings is 1. The number of carbonyl (C=O) groups is 2. The lowest BCUT2D eigenvalue weighted by Crippen LogP contribution is -2.52. The molecule has 6 rings (SSSR count). The first-order valence-electron chi connectivity index (χ1n) is 12.5. The highest BCUT2D eigenvalue weighted by molar-refractivity contribution is 5.85. The summed E-state index contributed by atoms with van der Waals surface area (Å²) in [7, 11) is 0. The second kappa shape index (κ2) is 8.95. The molecule has 5 aliphatic rings. The first-order chi connectivity index (χ1) is 15.5. The number of amides is 2. The van der Waals surface area contributed by atoms with E-state index in [1.807, 2.05) is 30.0 Å². The van der Waals surface area contributed by atoms with E-state index in [9.17, 15) is 9.59 Å². The van der Waals surface area contributed by atoms with Crippen molar-refractivity contribution in [3.05, 3.63) is 24.3 Å². The molecule has 1 aromatic rings. The van der Waals surface area contributed by atoms with Gasteiger partial charge in [0.15, 0.2) is 0 Å². The quantitative estimate of drug-likeness (QED) is 0.707. The van der Waals surface area contributed by atoms with Crippen LogP contribution in [0.4, 0.5) is 5.69 Å². The Bertz CT molecular complexity index is 811. The van der Waals surface area contributed by atoms with E-state index in [-0.39, 0.29) is 23.8 Å². The van der Waals surface area contributed by atoms with Crippen molar-refractivity contribution >= 4 is 17.5 Å². The molecule has 0 aromatic heterocycles. The van der Waals surface area contributed by atoms with Crippen molar-refractivity contribution < 1.29 is 14.3 Å². The number of benzene rings is 1. The molecule has 32 heavy (non-hydrogen) atoms. The molecular weight excluding hydrogens is 402 g/mol. The van der Waals surface area contributed by atoms with Crippen molar-refractivity contribution in [2.24, 2.45) is 23.2 Å². The van der Waals surface area contributed by atoms with E-state index >= 15 is 0 Å². The van der Waals surface area contributed by atoms with Gasteiger partial charge in [0.05, 0.1) is 18.8 Å². The fourth-order valence-corrected chi connectivity index (χ4v) is 7.39. The van der Waals surface area contributed by atoms with Crippen LogP contribution in [0.2, 0.25) is 0 Å². The molecule has 174 valence electrons. The molecular formula is C26H37N3O3. The van der Waals surface area contributed by atoms with E-state index < -0.39 is 0 Å². The van der Waals surface area contributed by atoms with Crippen LogP contribution < -0.4 is 15.0 Å². The van der Waals surface area contributed by atoms with Crippen LogP contribution in [0.1, 0.15) is 51.9 Å². The number of hydrogen-bond donors (Lipinski definition) is 1. The molecule has 1 heterocycles. The van der Waals surface area contributed by atoms with Gasteiger partial charge in [0.1, 0.15) is 5.75 Å². The number of nitrogens with zero attached hydrogens (tertiary/aromatic N) is 2. The van der Waals surface area contributed by atoms with Gasteiger partial charge < -0.3 is 19.9 Å². The molecule has 0 radical (unpaired) electrons. The van der Waals surface area contributed by atoms with Crippen molar-refractivity contribution in [1.82, 2.24) is 10.2 Å². The van der Waals surface area contributed by atoms with Crippen molar-refractivity contribution in [2.45, 2.75) is 51.9 Å². The molecule has 6 nitrogen and oxygen atoms in total. The van der Waals surface area contributed by atoms with E-state index in [0.29, 0.717) is 26.1 Å². The minimum atomic E-state index is 0.0293. The van der Waals surface area contributed by atoms with Crippen LogP contribution in [0.25, 0.3) is 0 Å². The van der Waals surface area contributed by atoms with Crippen LogP contribution >= 0.6 is 0 Å². The van der Waals surface area contributed by atoms with Gasteiger partial charge in [-0.3, -0.25) is 9.59 Å². The first kappa shape index (κ1) is 21.6. The van der Waals surface area contributed by atoms with Gasteiger partial charge in [-0.1, -0.05) is 12.1 Å². The largest absolute Gasteiger partial charge is 0.492 e. The number of carbonyl (C=O) groups excluding carboxylic acids is 2. The van der Waals surface area contributed by atoms with E-state index in [2.05, 4.69) is 16.3 Å². The zero-order chi connectivity index (χ0) is 22.1. The topological polar surface area (TPSA) is 61.9 Å². The van der Waals surface area contributed by atoms with Gasteiger partial charge in [-0.05, 0) is 80.8 Å². The van der Waals surface area contributed by atoms with Crippen LogP contribution in [-0.4, -0.2) is 56.0 Å². The third-order valence-electron chi connectivity index (χ3n) is 8.28. The average molecular weight is 440 g/mol. The Kier molecular flexibility index (Phi) is 6.04. The second-order valence-electron chi connectivity index (χ2n) is 10.6. The fraction of sp³-hybridized carbons (Fsp3) is 0.692. The molecule has 5 fully saturated rings. The van der Waals surface area contributed by atoms with Crippen LogP contribution in [-0.2, 0) is 9.59 Å². The Morgan fingerprint density at radius 2 is 1.62 bits per heavy atom. The molecule has 0 spiro atoms. The van der Waals surface area contributed by atoms with Crippen LogP contribution in [0.5, 0.6) is 5.75 Å². The maximum Gasteiger partial charge on any atom is 0.242 e. The van der Waals surface area contributed by atoms with Gasteiger partial charge in [0.25, 0.3) is 0 Å². The zero-order valence-corrected chi connectivity index (χ0v) is 19.4. The number of para-hydroxylation sites is 2. The van der Waals surface area contributed by atoms with Crippen molar-refractivity contribution in [2.75, 3.05) is 44.2 Å². The van der Waals surface area contributed by atoms with E-state index in [1.54, 1.807) is 0 Å². The van der Waals surface area contributed by atoms with E-state index in [1.165, 1.54) is 38.5 Å². The maximum absolute atomic E-state index is 12.7. The van der Waals surface area contributed by atoms with Gasteiger partial charge >= 0.3 is 0 Å². The van der Waals surface area contributed by atoms with Crippen LogP contribution in [0.15, 0.2) is 24.3 Å². The maximum atomic E-state index is 12.7. The molecule has 1 N–H and O–H groups in total. The fourth-order valence-electron chi connectivity index (χ4n) is 7.39. The Labute approximate surface area is 191 Å². The molecule has 6 heteroatoms. The van der Waals surface area contributed by atoms with Crippen LogP contribution in [0.3, 0.4) is 0 Å². The van der Waals surface area contributed by atoms with Crippen LogP contribution in [0, 0.1) is 23.2 Å². The highest BCUT2D eigenvalue weighted by atomic mass is 16.5. The lowest BCUT2D eigenvalue weighted by molar-refractivity contribution is -0.135. The summed E-state index contributed by atoms with van der Waals surface area (Å²) < 4.78 is 5.76. The summed E-state index contributed by atoms with van der Waals surface area (Å²) >= 11 is 0. The summed E-state index contributed by atoms with van der Waals surface area (Å²) in [4.78, 5) is 29.7. The Hall–Kier alpha value is -2.24. The molecule has 0 atom stereocenters. The second-order valence-corrected chi connectivity index (χ2v) is 10.6. The SMILES string of the molecule is CCOc1ccccc1N1CCN(C(=O)CNC(=O)CC23CC4CC(CC(C4)C2)C3)CC1. The number of ether oxygens (including phenoxy) is 1. The lowest BCUT2D eigenvalue weighted by Gasteiger charge is -2.56. The van der Waals surface area contributed by atoms with Crippen molar-refractivity contribution in [1.29, 1.82) is 0 Å². The smallest absolute Gasteiger partial charge is 0.242 e. The molecule has 1 saturated heterocycles. The molecule has 1 aliphatic heterocycles. The highest BCUT2D eigenvalue weighted by Crippen LogP contribution is 2.61. The molecule has 4 saturated carbocycles.